The van der Waals surface area contributed by atoms with Crippen LogP contribution in [0.5, 0.6) is 5.75 Å². The van der Waals surface area contributed by atoms with Crippen LogP contribution in [0, 0.1) is 0 Å². The topological polar surface area (TPSA) is 113 Å². The monoisotopic (exact) mass is 477 g/mol. The number of nitrogens with one attached hydrogen (secondary N) is 2. The number of halogens is 1. The Morgan fingerprint density at radius 3 is 2.74 bits per heavy atom. The Hall–Kier alpha value is -3.75. The lowest BCUT2D eigenvalue weighted by atomic mass is 10.1. The summed E-state index contributed by atoms with van der Waals surface area (Å²) >= 11 is 6.42. The summed E-state index contributed by atoms with van der Waals surface area (Å²) in [6.07, 6.45) is 3.59. The van der Waals surface area contributed by atoms with Gasteiger partial charge in [0.2, 0.25) is 5.82 Å². The SMILES string of the molecule is O=C(Nc1cc(-c2cc(OCCCCO)ccc2Cl)ccn1)c1nnc(Cc2ccccc2)[nH]1. The second-order valence-corrected chi connectivity index (χ2v) is 7.99. The van der Waals surface area contributed by atoms with E-state index in [9.17, 15) is 4.79 Å². The Labute approximate surface area is 202 Å². The van der Waals surface area contributed by atoms with Gasteiger partial charge in [0, 0.05) is 29.8 Å². The zero-order valence-corrected chi connectivity index (χ0v) is 19.1. The minimum atomic E-state index is -0.441. The zero-order valence-electron chi connectivity index (χ0n) is 18.4. The summed E-state index contributed by atoms with van der Waals surface area (Å²) in [5.74, 6) is 1.29. The van der Waals surface area contributed by atoms with Crippen molar-refractivity contribution in [2.24, 2.45) is 0 Å². The average molecular weight is 478 g/mol. The standard InChI is InChI=1S/C25H24ClN5O3/c26-21-9-8-19(34-13-5-4-12-32)16-20(21)18-10-11-27-22(15-18)29-25(33)24-28-23(30-31-24)14-17-6-2-1-3-7-17/h1-3,6-11,15-16,32H,4-5,12-14H2,(H,27,29,33)(H,28,30,31). The fraction of sp³-hybridized carbons (Fsp3) is 0.200. The van der Waals surface area contributed by atoms with Crippen molar-refractivity contribution in [3.05, 3.63) is 89.1 Å². The quantitative estimate of drug-likeness (QED) is 0.289. The van der Waals surface area contributed by atoms with Crippen LogP contribution in [-0.4, -0.2) is 44.4 Å². The number of hydrogen-bond donors (Lipinski definition) is 3. The lowest BCUT2D eigenvalue weighted by Gasteiger charge is -2.11. The summed E-state index contributed by atoms with van der Waals surface area (Å²) in [7, 11) is 0. The Kier molecular flexibility index (Phi) is 7.85. The summed E-state index contributed by atoms with van der Waals surface area (Å²) in [6, 6.07) is 18.7. The van der Waals surface area contributed by atoms with Gasteiger partial charge in [0.1, 0.15) is 17.4 Å². The highest BCUT2D eigenvalue weighted by atomic mass is 35.5. The smallest absolute Gasteiger partial charge is 0.294 e. The van der Waals surface area contributed by atoms with E-state index in [0.29, 0.717) is 41.9 Å². The summed E-state index contributed by atoms with van der Waals surface area (Å²) in [5.41, 5.74) is 2.60. The molecule has 0 aliphatic rings. The van der Waals surface area contributed by atoms with E-state index in [4.69, 9.17) is 21.4 Å². The minimum absolute atomic E-state index is 0.106. The van der Waals surface area contributed by atoms with Gasteiger partial charge < -0.3 is 20.1 Å². The summed E-state index contributed by atoms with van der Waals surface area (Å²) in [5, 5.41) is 20.2. The lowest BCUT2D eigenvalue weighted by Crippen LogP contribution is -2.14. The number of unbranched alkanes of at least 4 members (excludes halogenated alkanes) is 1. The molecule has 2 heterocycles. The van der Waals surface area contributed by atoms with Gasteiger partial charge in [0.25, 0.3) is 5.91 Å². The van der Waals surface area contributed by atoms with Crippen LogP contribution in [-0.2, 0) is 6.42 Å². The van der Waals surface area contributed by atoms with Gasteiger partial charge in [-0.25, -0.2) is 4.98 Å². The van der Waals surface area contributed by atoms with Gasteiger partial charge in [-0.15, -0.1) is 10.2 Å². The molecule has 174 valence electrons. The number of rotatable bonds is 10. The molecule has 34 heavy (non-hydrogen) atoms. The molecule has 4 aromatic rings. The molecule has 0 unspecified atom stereocenters. The second-order valence-electron chi connectivity index (χ2n) is 7.59. The molecule has 4 rings (SSSR count). The van der Waals surface area contributed by atoms with Gasteiger partial charge in [-0.1, -0.05) is 41.9 Å². The first-order chi connectivity index (χ1) is 16.6. The first kappa shape index (κ1) is 23.4. The average Bonchev–Trinajstić information content (AvgIpc) is 3.32. The van der Waals surface area contributed by atoms with Crippen LogP contribution in [0.15, 0.2) is 66.9 Å². The number of pyridine rings is 1. The highest BCUT2D eigenvalue weighted by molar-refractivity contribution is 6.33. The van der Waals surface area contributed by atoms with Crippen LogP contribution >= 0.6 is 11.6 Å². The number of anilines is 1. The van der Waals surface area contributed by atoms with Crippen molar-refractivity contribution < 1.29 is 14.6 Å². The minimum Gasteiger partial charge on any atom is -0.494 e. The van der Waals surface area contributed by atoms with Crippen LogP contribution in [0.3, 0.4) is 0 Å². The summed E-state index contributed by atoms with van der Waals surface area (Å²) in [6.45, 7) is 0.645. The van der Waals surface area contributed by atoms with E-state index in [1.807, 2.05) is 36.4 Å². The number of aliphatic hydroxyl groups excluding tert-OH is 1. The van der Waals surface area contributed by atoms with Gasteiger partial charge >= 0.3 is 0 Å². The molecule has 1 amide bonds. The normalized spacial score (nSPS) is 10.8. The van der Waals surface area contributed by atoms with Gasteiger partial charge in [0.05, 0.1) is 6.61 Å². The molecule has 2 aromatic heterocycles. The van der Waals surface area contributed by atoms with Gasteiger partial charge in [-0.2, -0.15) is 0 Å². The van der Waals surface area contributed by atoms with Crippen molar-refractivity contribution >= 4 is 23.3 Å². The van der Waals surface area contributed by atoms with Crippen molar-refractivity contribution in [3.8, 4) is 16.9 Å². The Balaban J connectivity index is 1.44. The van der Waals surface area contributed by atoms with E-state index < -0.39 is 5.91 Å². The maximum absolute atomic E-state index is 12.7. The fourth-order valence-electron chi connectivity index (χ4n) is 3.33. The van der Waals surface area contributed by atoms with Gasteiger partial charge in [-0.3, -0.25) is 4.79 Å². The van der Waals surface area contributed by atoms with Crippen molar-refractivity contribution in [2.45, 2.75) is 19.3 Å². The van der Waals surface area contributed by atoms with Gasteiger partial charge in [0.15, 0.2) is 0 Å². The molecule has 3 N–H and O–H groups in total. The Morgan fingerprint density at radius 1 is 1.06 bits per heavy atom. The molecule has 0 bridgehead atoms. The van der Waals surface area contributed by atoms with Crippen LogP contribution in [0.1, 0.15) is 34.8 Å². The van der Waals surface area contributed by atoms with E-state index >= 15 is 0 Å². The van der Waals surface area contributed by atoms with E-state index in [0.717, 1.165) is 23.1 Å². The van der Waals surface area contributed by atoms with Crippen molar-refractivity contribution in [1.29, 1.82) is 0 Å². The highest BCUT2D eigenvalue weighted by Gasteiger charge is 2.14. The van der Waals surface area contributed by atoms with E-state index in [2.05, 4.69) is 25.5 Å². The third-order valence-corrected chi connectivity index (χ3v) is 5.36. The number of benzene rings is 2. The Bertz CT molecular complexity index is 1250. The van der Waals surface area contributed by atoms with E-state index in [1.165, 1.54) is 0 Å². The number of ether oxygens (including phenoxy) is 1. The predicted molar refractivity (Wildman–Crippen MR) is 130 cm³/mol. The molecule has 0 atom stereocenters. The first-order valence-corrected chi connectivity index (χ1v) is 11.3. The molecule has 0 saturated carbocycles. The highest BCUT2D eigenvalue weighted by Crippen LogP contribution is 2.32. The number of nitrogens with zero attached hydrogens (tertiary/aromatic N) is 3. The zero-order chi connectivity index (χ0) is 23.8. The fourth-order valence-corrected chi connectivity index (χ4v) is 3.56. The molecule has 2 aromatic carbocycles. The molecule has 0 fully saturated rings. The van der Waals surface area contributed by atoms with Crippen molar-refractivity contribution in [1.82, 2.24) is 20.2 Å². The molecule has 0 radical (unpaired) electrons. The number of aromatic amines is 1. The number of carbonyl (C=O) groups excluding carboxylic acids is 1. The van der Waals surface area contributed by atoms with E-state index in [-0.39, 0.29) is 12.4 Å². The lowest BCUT2D eigenvalue weighted by molar-refractivity contribution is 0.101. The predicted octanol–water partition coefficient (Wildman–Crippen LogP) is 4.51. The summed E-state index contributed by atoms with van der Waals surface area (Å²) < 4.78 is 5.75. The van der Waals surface area contributed by atoms with Crippen LogP contribution in [0.25, 0.3) is 11.1 Å². The number of hydrogen-bond acceptors (Lipinski definition) is 6. The van der Waals surface area contributed by atoms with Crippen LogP contribution < -0.4 is 10.1 Å². The molecule has 0 aliphatic heterocycles. The first-order valence-electron chi connectivity index (χ1n) is 10.9. The number of amides is 1. The van der Waals surface area contributed by atoms with Crippen molar-refractivity contribution in [3.63, 3.8) is 0 Å². The summed E-state index contributed by atoms with van der Waals surface area (Å²) in [4.78, 5) is 19.9. The molecular weight excluding hydrogens is 454 g/mol. The Morgan fingerprint density at radius 2 is 1.91 bits per heavy atom. The third kappa shape index (κ3) is 6.18. The molecule has 0 spiro atoms. The molecule has 0 aliphatic carbocycles. The number of aromatic nitrogens is 4. The number of carbonyl (C=O) groups is 1. The molecule has 9 heteroatoms. The van der Waals surface area contributed by atoms with Crippen LogP contribution in [0.4, 0.5) is 5.82 Å². The number of aliphatic hydroxyl groups is 1. The molecular formula is C25H24ClN5O3. The third-order valence-electron chi connectivity index (χ3n) is 5.03. The maximum Gasteiger partial charge on any atom is 0.294 e. The van der Waals surface area contributed by atoms with Gasteiger partial charge in [-0.05, 0) is 54.3 Å². The van der Waals surface area contributed by atoms with Crippen LogP contribution in [0.2, 0.25) is 5.02 Å². The molecule has 0 saturated heterocycles. The maximum atomic E-state index is 12.7. The number of H-pyrrole nitrogens is 1. The van der Waals surface area contributed by atoms with Crippen molar-refractivity contribution in [2.75, 3.05) is 18.5 Å². The second kappa shape index (κ2) is 11.4. The molecule has 8 nitrogen and oxygen atoms in total. The van der Waals surface area contributed by atoms with E-state index in [1.54, 1.807) is 30.5 Å². The largest absolute Gasteiger partial charge is 0.494 e.